The number of aromatic hydroxyl groups is 1. The van der Waals surface area contributed by atoms with Gasteiger partial charge in [0.15, 0.2) is 0 Å². The van der Waals surface area contributed by atoms with Gasteiger partial charge >= 0.3 is 0 Å². The number of rotatable bonds is 3. The molecular weight excluding hydrogens is 388 g/mol. The van der Waals surface area contributed by atoms with Gasteiger partial charge in [-0.15, -0.1) is 0 Å². The molecule has 0 spiro atoms. The Kier molecular flexibility index (Phi) is 5.13. The van der Waals surface area contributed by atoms with E-state index in [0.717, 1.165) is 5.56 Å². The molecule has 0 aliphatic heterocycles. The van der Waals surface area contributed by atoms with Crippen LogP contribution in [0.5, 0.6) is 5.75 Å². The summed E-state index contributed by atoms with van der Waals surface area (Å²) in [5.41, 5.74) is 0.957. The van der Waals surface area contributed by atoms with Crippen molar-refractivity contribution in [2.24, 2.45) is 0 Å². The molecular formula is C22H26N2O4S. The first-order valence-corrected chi connectivity index (χ1v) is 11.8. The van der Waals surface area contributed by atoms with Crippen LogP contribution in [-0.4, -0.2) is 32.7 Å². The third-order valence-corrected chi connectivity index (χ3v) is 6.30. The summed E-state index contributed by atoms with van der Waals surface area (Å²) in [5, 5.41) is 13.6. The van der Waals surface area contributed by atoms with E-state index in [4.69, 9.17) is 0 Å². The number of benzene rings is 2. The Labute approximate surface area is 170 Å². The quantitative estimate of drug-likeness (QED) is 0.494. The summed E-state index contributed by atoms with van der Waals surface area (Å²) in [5.74, 6) is -0.722. The van der Waals surface area contributed by atoms with Crippen LogP contribution in [0.4, 0.5) is 5.69 Å². The normalized spacial score (nSPS) is 12.7. The average Bonchev–Trinajstić information content (AvgIpc) is 2.60. The molecule has 0 bridgehead atoms. The predicted octanol–water partition coefficient (Wildman–Crippen LogP) is 3.42. The van der Waals surface area contributed by atoms with Crippen LogP contribution in [0.2, 0.25) is 0 Å². The van der Waals surface area contributed by atoms with E-state index in [-0.39, 0.29) is 16.7 Å². The number of aromatic amines is 1. The zero-order valence-corrected chi connectivity index (χ0v) is 18.1. The highest BCUT2D eigenvalue weighted by molar-refractivity contribution is 8.01. The molecule has 0 radical (unpaired) electrons. The highest BCUT2D eigenvalue weighted by Crippen LogP contribution is 2.37. The molecule has 0 unspecified atom stereocenters. The molecule has 1 aromatic heterocycles. The number of phenols is 1. The van der Waals surface area contributed by atoms with Crippen LogP contribution in [0.25, 0.3) is 10.9 Å². The third kappa shape index (κ3) is 4.10. The minimum absolute atomic E-state index is 0.0243. The van der Waals surface area contributed by atoms with Crippen molar-refractivity contribution in [3.8, 4) is 5.75 Å². The Morgan fingerprint density at radius 2 is 1.79 bits per heavy atom. The molecule has 7 heteroatoms. The molecule has 6 nitrogen and oxygen atoms in total. The van der Waals surface area contributed by atoms with Crippen molar-refractivity contribution >= 4 is 32.4 Å². The summed E-state index contributed by atoms with van der Waals surface area (Å²) in [6, 6.07) is 10.0. The average molecular weight is 415 g/mol. The lowest BCUT2D eigenvalue weighted by molar-refractivity contribution is 0.102. The van der Waals surface area contributed by atoms with Crippen LogP contribution < -0.4 is 10.7 Å². The number of para-hydroxylation sites is 1. The van der Waals surface area contributed by atoms with E-state index in [9.17, 15) is 18.9 Å². The van der Waals surface area contributed by atoms with Crippen molar-refractivity contribution < 1.29 is 14.1 Å². The number of phenolic OH excluding ortho intramolecular Hbond substituents is 1. The second-order valence-electron chi connectivity index (χ2n) is 8.52. The van der Waals surface area contributed by atoms with Crippen molar-refractivity contribution in [1.29, 1.82) is 0 Å². The van der Waals surface area contributed by atoms with Crippen molar-refractivity contribution in [3.05, 3.63) is 63.9 Å². The van der Waals surface area contributed by atoms with Gasteiger partial charge in [0, 0.05) is 28.9 Å². The number of fused-ring (bicyclic) bond motifs is 1. The highest BCUT2D eigenvalue weighted by atomic mass is 32.2. The van der Waals surface area contributed by atoms with E-state index < -0.39 is 21.3 Å². The Morgan fingerprint density at radius 1 is 1.14 bits per heavy atom. The number of pyridine rings is 1. The second kappa shape index (κ2) is 7.15. The molecule has 3 aromatic rings. The standard InChI is InChI=1S/C22H26N2O4S/c1-22(2,3)15-10-19(29(4,5)28)18(25)11-17(15)24-21(27)14-12-23-16-9-7-6-8-13(16)20(14)26/h6-12,25,29H,1-5H3,(H,23,26)(H,24,27). The molecule has 29 heavy (non-hydrogen) atoms. The number of H-pyrrole nitrogens is 1. The Balaban J connectivity index is 2.09. The van der Waals surface area contributed by atoms with Crippen LogP contribution in [-0.2, 0) is 15.3 Å². The van der Waals surface area contributed by atoms with Gasteiger partial charge in [-0.3, -0.25) is 13.8 Å². The monoisotopic (exact) mass is 414 g/mol. The zero-order chi connectivity index (χ0) is 21.6. The summed E-state index contributed by atoms with van der Waals surface area (Å²) in [6.45, 7) is 5.87. The number of amides is 1. The minimum Gasteiger partial charge on any atom is -0.507 e. The van der Waals surface area contributed by atoms with Gasteiger partial charge in [-0.2, -0.15) is 0 Å². The van der Waals surface area contributed by atoms with Crippen molar-refractivity contribution in [3.63, 3.8) is 0 Å². The summed E-state index contributed by atoms with van der Waals surface area (Å²) < 4.78 is 12.5. The maximum atomic E-state index is 12.9. The molecule has 0 saturated carbocycles. The van der Waals surface area contributed by atoms with Gasteiger partial charge in [-0.25, -0.2) is 0 Å². The largest absolute Gasteiger partial charge is 0.507 e. The number of anilines is 1. The van der Waals surface area contributed by atoms with Crippen LogP contribution >= 0.6 is 0 Å². The molecule has 1 amide bonds. The van der Waals surface area contributed by atoms with Crippen molar-refractivity contribution in [2.75, 3.05) is 17.8 Å². The van der Waals surface area contributed by atoms with Gasteiger partial charge in [-0.05, 0) is 41.7 Å². The van der Waals surface area contributed by atoms with Crippen molar-refractivity contribution in [2.45, 2.75) is 31.1 Å². The van der Waals surface area contributed by atoms with E-state index >= 15 is 0 Å². The molecule has 154 valence electrons. The van der Waals surface area contributed by atoms with Gasteiger partial charge in [0.05, 0.1) is 4.90 Å². The summed E-state index contributed by atoms with van der Waals surface area (Å²) in [4.78, 5) is 28.9. The molecule has 3 rings (SSSR count). The zero-order valence-electron chi connectivity index (χ0n) is 17.2. The maximum Gasteiger partial charge on any atom is 0.261 e. The number of hydrogen-bond acceptors (Lipinski definition) is 4. The van der Waals surface area contributed by atoms with Gasteiger partial charge in [-0.1, -0.05) is 42.8 Å². The predicted molar refractivity (Wildman–Crippen MR) is 119 cm³/mol. The molecule has 0 saturated heterocycles. The highest BCUT2D eigenvalue weighted by Gasteiger charge is 2.25. The molecule has 1 heterocycles. The van der Waals surface area contributed by atoms with E-state index in [1.54, 1.807) is 42.8 Å². The fourth-order valence-corrected chi connectivity index (χ4v) is 4.31. The van der Waals surface area contributed by atoms with Crippen LogP contribution in [0.1, 0.15) is 36.7 Å². The second-order valence-corrected chi connectivity index (χ2v) is 11.7. The van der Waals surface area contributed by atoms with E-state index in [0.29, 0.717) is 21.5 Å². The lowest BCUT2D eigenvalue weighted by Crippen LogP contribution is -2.24. The third-order valence-electron chi connectivity index (χ3n) is 4.78. The first-order valence-electron chi connectivity index (χ1n) is 9.24. The molecule has 2 aromatic carbocycles. The van der Waals surface area contributed by atoms with Gasteiger partial charge < -0.3 is 15.4 Å². The lowest BCUT2D eigenvalue weighted by Gasteiger charge is -2.26. The topological polar surface area (TPSA) is 99.3 Å². The van der Waals surface area contributed by atoms with E-state index in [1.807, 2.05) is 20.8 Å². The van der Waals surface area contributed by atoms with Gasteiger partial charge in [0.1, 0.15) is 11.3 Å². The first kappa shape index (κ1) is 20.8. The Morgan fingerprint density at radius 3 is 2.41 bits per heavy atom. The first-order chi connectivity index (χ1) is 13.4. The smallest absolute Gasteiger partial charge is 0.261 e. The summed E-state index contributed by atoms with van der Waals surface area (Å²) >= 11 is 0. The SMILES string of the molecule is CC(C)(C)c1cc([SH](C)(C)=O)c(O)cc1NC(=O)c1c[nH]c2ccccc2c1=O. The minimum atomic E-state index is -2.72. The molecule has 0 aliphatic rings. The lowest BCUT2D eigenvalue weighted by atomic mass is 9.85. The molecule has 3 N–H and O–H groups in total. The Bertz CT molecular complexity index is 1220. The van der Waals surface area contributed by atoms with Gasteiger partial charge in [0.25, 0.3) is 5.91 Å². The molecule has 0 aliphatic carbocycles. The number of nitrogens with one attached hydrogen (secondary N) is 2. The van der Waals surface area contributed by atoms with Crippen LogP contribution in [0.3, 0.4) is 0 Å². The summed E-state index contributed by atoms with van der Waals surface area (Å²) in [7, 11) is -2.72. The van der Waals surface area contributed by atoms with Crippen LogP contribution in [0, 0.1) is 0 Å². The van der Waals surface area contributed by atoms with Gasteiger partial charge in [0.2, 0.25) is 5.43 Å². The van der Waals surface area contributed by atoms with E-state index in [1.165, 1.54) is 12.3 Å². The van der Waals surface area contributed by atoms with Crippen LogP contribution in [0.15, 0.2) is 52.3 Å². The fourth-order valence-electron chi connectivity index (χ4n) is 3.26. The fraction of sp³-hybridized carbons (Fsp3) is 0.273. The van der Waals surface area contributed by atoms with E-state index in [2.05, 4.69) is 10.3 Å². The number of carbonyl (C=O) groups excluding carboxylic acids is 1. The maximum absolute atomic E-state index is 12.9. The number of carbonyl (C=O) groups is 1. The number of hydrogen-bond donors (Lipinski definition) is 4. The molecule has 0 fully saturated rings. The van der Waals surface area contributed by atoms with Crippen molar-refractivity contribution in [1.82, 2.24) is 4.98 Å². The number of thiol groups is 1. The molecule has 0 atom stereocenters. The Hall–Kier alpha value is -2.93. The number of aromatic nitrogens is 1. The summed E-state index contributed by atoms with van der Waals surface area (Å²) in [6.07, 6.45) is 4.56.